The predicted molar refractivity (Wildman–Crippen MR) is 215 cm³/mol. The summed E-state index contributed by atoms with van der Waals surface area (Å²) in [5.74, 6) is -0.157. The van der Waals surface area contributed by atoms with Crippen molar-refractivity contribution in [3.05, 3.63) is 104 Å². The fourth-order valence-corrected chi connectivity index (χ4v) is 7.38. The number of aliphatic hydroxyl groups excluding tert-OH is 1. The summed E-state index contributed by atoms with van der Waals surface area (Å²) in [6.45, 7) is 6.29. The number of methoxy groups -OCH3 is 1. The summed E-state index contributed by atoms with van der Waals surface area (Å²) < 4.78 is 25.0. The number of anilines is 2. The number of aromatic nitrogens is 1. The first-order chi connectivity index (χ1) is 26.6. The molecule has 1 fully saturated rings. The number of hydrogen-bond acceptors (Lipinski definition) is 10. The molecule has 6 rings (SSSR count). The summed E-state index contributed by atoms with van der Waals surface area (Å²) in [6.07, 6.45) is -0.297. The van der Waals surface area contributed by atoms with Crippen LogP contribution in [0.4, 0.5) is 20.6 Å². The molecule has 1 saturated heterocycles. The van der Waals surface area contributed by atoms with Crippen LogP contribution in [0.3, 0.4) is 0 Å². The number of likely N-dealkylation sites (tertiary alicyclic amines) is 1. The number of fused-ring (bicyclic) bond motifs is 1. The number of nitrogens with one attached hydrogen (secondary N) is 4. The molecule has 1 unspecified atom stereocenters. The molecule has 0 aliphatic carbocycles. The minimum atomic E-state index is -0.943. The van der Waals surface area contributed by atoms with E-state index in [1.807, 2.05) is 19.2 Å². The van der Waals surface area contributed by atoms with E-state index in [4.69, 9.17) is 21.1 Å². The second kappa shape index (κ2) is 19.6. The Morgan fingerprint density at radius 1 is 1.05 bits per heavy atom. The Kier molecular flexibility index (Phi) is 14.6. The Bertz CT molecular complexity index is 2150. The number of carbonyl (C=O) groups is 2. The number of aliphatic hydroxyl groups is 1. The van der Waals surface area contributed by atoms with Gasteiger partial charge in [-0.25, -0.2) is 9.18 Å². The monoisotopic (exact) mass is 793 g/mol. The maximum atomic E-state index is 13.7. The largest absolute Gasteiger partial charge is 0.506 e. The molecule has 1 aliphatic rings. The van der Waals surface area contributed by atoms with Crippen LogP contribution in [0.15, 0.2) is 76.9 Å². The lowest BCUT2D eigenvalue weighted by molar-refractivity contribution is -0.116. The average molecular weight is 794 g/mol. The predicted octanol–water partition coefficient (Wildman–Crippen LogP) is 7.65. The molecule has 0 radical (unpaired) electrons. The molecular formula is C40H45ClFN5O7S. The molecule has 292 valence electrons. The zero-order valence-electron chi connectivity index (χ0n) is 30.8. The van der Waals surface area contributed by atoms with Crippen LogP contribution in [0, 0.1) is 5.82 Å². The highest BCUT2D eigenvalue weighted by atomic mass is 35.5. The van der Waals surface area contributed by atoms with Crippen molar-refractivity contribution in [3.8, 4) is 21.9 Å². The van der Waals surface area contributed by atoms with Crippen LogP contribution in [0.25, 0.3) is 21.3 Å². The van der Waals surface area contributed by atoms with Gasteiger partial charge in [-0.1, -0.05) is 43.6 Å². The molecule has 1 aliphatic heterocycles. The number of halogens is 2. The number of carbonyl (C=O) groups excluding carboxylic acids is 2. The Labute approximate surface area is 327 Å². The van der Waals surface area contributed by atoms with E-state index in [2.05, 4.69) is 25.8 Å². The zero-order valence-corrected chi connectivity index (χ0v) is 32.4. The Balaban J connectivity index is 0.00000285. The SMILES string of the molecule is CC.COc1cc(NC(=O)CCN2CCC(OC(=O)Nc3ccsc3-c3cccc(F)c3)CC2)c(Cl)cc1CNCC(O)c1ccc(O)c2[nH]c(=O)ccc12. The summed E-state index contributed by atoms with van der Waals surface area (Å²) in [6, 6.07) is 17.2. The van der Waals surface area contributed by atoms with E-state index < -0.39 is 12.2 Å². The number of nitrogens with zero attached hydrogens (tertiary/aromatic N) is 1. The molecule has 1 atom stereocenters. The van der Waals surface area contributed by atoms with Gasteiger partial charge in [0.15, 0.2) is 0 Å². The first-order valence-corrected chi connectivity index (χ1v) is 19.3. The molecule has 2 aromatic heterocycles. The van der Waals surface area contributed by atoms with Gasteiger partial charge in [0.2, 0.25) is 11.5 Å². The van der Waals surface area contributed by atoms with Crippen molar-refractivity contribution in [2.24, 2.45) is 0 Å². The first kappa shape index (κ1) is 41.2. The Morgan fingerprint density at radius 2 is 1.84 bits per heavy atom. The molecule has 12 nitrogen and oxygen atoms in total. The summed E-state index contributed by atoms with van der Waals surface area (Å²) in [5.41, 5.74) is 2.80. The van der Waals surface area contributed by atoms with Crippen molar-refractivity contribution in [2.45, 2.75) is 51.9 Å². The third-order valence-corrected chi connectivity index (χ3v) is 10.3. The fraction of sp³-hybridized carbons (Fsp3) is 0.325. The molecule has 0 bridgehead atoms. The maximum Gasteiger partial charge on any atom is 0.411 e. The molecule has 0 saturated carbocycles. The number of aromatic hydroxyl groups is 1. The highest BCUT2D eigenvalue weighted by Crippen LogP contribution is 2.35. The third kappa shape index (κ3) is 10.8. The van der Waals surface area contributed by atoms with E-state index in [1.54, 1.807) is 42.5 Å². The lowest BCUT2D eigenvalue weighted by Gasteiger charge is -2.31. The van der Waals surface area contributed by atoms with Crippen molar-refractivity contribution in [3.63, 3.8) is 0 Å². The second-order valence-corrected chi connectivity index (χ2v) is 13.9. The van der Waals surface area contributed by atoms with Crippen LogP contribution in [-0.4, -0.2) is 71.5 Å². The van der Waals surface area contributed by atoms with Gasteiger partial charge in [0.05, 0.1) is 40.0 Å². The van der Waals surface area contributed by atoms with Gasteiger partial charge in [-0.05, 0) is 65.7 Å². The molecule has 2 amide bonds. The number of pyridine rings is 1. The van der Waals surface area contributed by atoms with E-state index in [-0.39, 0.29) is 47.6 Å². The van der Waals surface area contributed by atoms with Crippen molar-refractivity contribution in [1.29, 1.82) is 0 Å². The maximum absolute atomic E-state index is 13.7. The van der Waals surface area contributed by atoms with E-state index in [0.717, 1.165) is 4.88 Å². The number of phenolic OH excluding ortho intramolecular Hbond substituents is 1. The van der Waals surface area contributed by atoms with Crippen LogP contribution < -0.4 is 26.2 Å². The molecule has 3 heterocycles. The van der Waals surface area contributed by atoms with Gasteiger partial charge < -0.3 is 40.2 Å². The van der Waals surface area contributed by atoms with Crippen molar-refractivity contribution in [1.82, 2.24) is 15.2 Å². The van der Waals surface area contributed by atoms with E-state index in [0.29, 0.717) is 83.2 Å². The van der Waals surface area contributed by atoms with Crippen LogP contribution in [-0.2, 0) is 16.1 Å². The number of rotatable bonds is 13. The van der Waals surface area contributed by atoms with Crippen molar-refractivity contribution >= 4 is 57.2 Å². The number of ether oxygens (including phenoxy) is 2. The highest BCUT2D eigenvalue weighted by molar-refractivity contribution is 7.14. The van der Waals surface area contributed by atoms with E-state index >= 15 is 0 Å². The third-order valence-electron chi connectivity index (χ3n) is 9.02. The smallest absolute Gasteiger partial charge is 0.411 e. The highest BCUT2D eigenvalue weighted by Gasteiger charge is 2.24. The molecule has 15 heteroatoms. The second-order valence-electron chi connectivity index (χ2n) is 12.6. The number of amides is 2. The summed E-state index contributed by atoms with van der Waals surface area (Å²) >= 11 is 7.96. The number of H-pyrrole nitrogens is 1. The quantitative estimate of drug-likeness (QED) is 0.0703. The Hall–Kier alpha value is -4.99. The van der Waals surface area contributed by atoms with Gasteiger partial charge in [0, 0.05) is 62.2 Å². The average Bonchev–Trinajstić information content (AvgIpc) is 3.64. The van der Waals surface area contributed by atoms with E-state index in [9.17, 15) is 29.0 Å². The fourth-order valence-electron chi connectivity index (χ4n) is 6.30. The summed E-state index contributed by atoms with van der Waals surface area (Å²) in [5, 5.41) is 32.5. The summed E-state index contributed by atoms with van der Waals surface area (Å²) in [7, 11) is 1.51. The number of phenols is 1. The van der Waals surface area contributed by atoms with Gasteiger partial charge >= 0.3 is 6.09 Å². The topological polar surface area (TPSA) is 165 Å². The zero-order chi connectivity index (χ0) is 39.5. The lowest BCUT2D eigenvalue weighted by Crippen LogP contribution is -2.39. The number of piperidine rings is 1. The molecule has 3 aromatic carbocycles. The van der Waals surface area contributed by atoms with Gasteiger partial charge in [-0.15, -0.1) is 11.3 Å². The summed E-state index contributed by atoms with van der Waals surface area (Å²) in [4.78, 5) is 42.8. The number of aromatic amines is 1. The minimum Gasteiger partial charge on any atom is -0.506 e. The van der Waals surface area contributed by atoms with Crippen LogP contribution in [0.5, 0.6) is 11.5 Å². The van der Waals surface area contributed by atoms with Gasteiger partial charge in [-0.2, -0.15) is 0 Å². The van der Waals surface area contributed by atoms with Gasteiger partial charge in [-0.3, -0.25) is 14.9 Å². The normalized spacial score (nSPS) is 13.8. The van der Waals surface area contributed by atoms with Gasteiger partial charge in [0.25, 0.3) is 0 Å². The van der Waals surface area contributed by atoms with Crippen molar-refractivity contribution in [2.75, 3.05) is 43.9 Å². The molecule has 55 heavy (non-hydrogen) atoms. The lowest BCUT2D eigenvalue weighted by atomic mass is 10.0. The molecule has 0 spiro atoms. The number of hydrogen-bond donors (Lipinski definition) is 6. The minimum absolute atomic E-state index is 0.0864. The molecular weight excluding hydrogens is 749 g/mol. The number of benzene rings is 3. The van der Waals surface area contributed by atoms with Crippen LogP contribution in [0.2, 0.25) is 5.02 Å². The Morgan fingerprint density at radius 3 is 2.58 bits per heavy atom. The van der Waals surface area contributed by atoms with Crippen LogP contribution >= 0.6 is 22.9 Å². The van der Waals surface area contributed by atoms with Crippen LogP contribution in [0.1, 0.15) is 50.3 Å². The van der Waals surface area contributed by atoms with Crippen molar-refractivity contribution < 1.29 is 33.7 Å². The molecule has 6 N–H and O–H groups in total. The van der Waals surface area contributed by atoms with E-state index in [1.165, 1.54) is 42.7 Å². The number of thiophene rings is 1. The standard InChI is InChI=1S/C38H39ClFN5O7S.C2H6/c1-51-33-19-30(28(39)18-23(33)20-41-21-32(47)26-5-7-31(46)36-27(26)6-8-34(48)44-36)42-35(49)11-15-45-13-9-25(10-14-45)52-38(50)43-29-12-16-53-37(29)22-3-2-4-24(40)17-22;1-2/h2-8,12,16-19,25,32,41,46-47H,9-11,13-15,20-21H2,1H3,(H,42,49)(H,43,50)(H,44,48);1-2H3. The first-order valence-electron chi connectivity index (χ1n) is 18.0. The molecule has 5 aromatic rings. The van der Waals surface area contributed by atoms with Gasteiger partial charge in [0.1, 0.15) is 23.4 Å².